The summed E-state index contributed by atoms with van der Waals surface area (Å²) in [5.41, 5.74) is -1.34. The average Bonchev–Trinajstić information content (AvgIpc) is 3.17. The van der Waals surface area contributed by atoms with Crippen molar-refractivity contribution in [1.82, 2.24) is 0 Å². The van der Waals surface area contributed by atoms with Gasteiger partial charge in [0.15, 0.2) is 0 Å². The summed E-state index contributed by atoms with van der Waals surface area (Å²) in [7, 11) is 0. The second kappa shape index (κ2) is 8.34. The molecule has 0 N–H and O–H groups in total. The van der Waals surface area contributed by atoms with Crippen LogP contribution in [0.2, 0.25) is 0 Å². The molecule has 2 amide bonds. The molecule has 2 aliphatic heterocycles. The maximum absolute atomic E-state index is 13.7. The number of hydrogen-bond acceptors (Lipinski definition) is 6. The van der Waals surface area contributed by atoms with Gasteiger partial charge in [-0.05, 0) is 71.9 Å². The van der Waals surface area contributed by atoms with E-state index >= 15 is 0 Å². The Bertz CT molecular complexity index is 1320. The summed E-state index contributed by atoms with van der Waals surface area (Å²) in [5, 5.41) is 0. The third-order valence-electron chi connectivity index (χ3n) is 5.09. The SMILES string of the molecule is CC(C)(C)OC(=O)N1/C(=C2\C(=O)c3cc(Br)ccc3N2C(=O)OC(C)(C)C)C(=O)c2ccccc21. The third kappa shape index (κ3) is 4.48. The molecule has 9 heteroatoms. The molecule has 0 fully saturated rings. The van der Waals surface area contributed by atoms with E-state index in [0.29, 0.717) is 4.47 Å². The highest BCUT2D eigenvalue weighted by Gasteiger charge is 2.48. The molecule has 182 valence electrons. The van der Waals surface area contributed by atoms with Crippen LogP contribution in [0.1, 0.15) is 62.3 Å². The monoisotopic (exact) mass is 540 g/mol. The van der Waals surface area contributed by atoms with E-state index in [1.54, 1.807) is 84.0 Å². The van der Waals surface area contributed by atoms with Crippen molar-refractivity contribution in [3.8, 4) is 0 Å². The first kappa shape index (κ1) is 24.7. The minimum Gasteiger partial charge on any atom is -0.443 e. The van der Waals surface area contributed by atoms with Crippen LogP contribution in [-0.2, 0) is 9.47 Å². The molecular weight excluding hydrogens is 516 g/mol. The minimum atomic E-state index is -0.873. The number of halogens is 1. The first-order valence-corrected chi connectivity index (χ1v) is 11.8. The summed E-state index contributed by atoms with van der Waals surface area (Å²) < 4.78 is 11.8. The van der Waals surface area contributed by atoms with Crippen LogP contribution in [0.25, 0.3) is 0 Å². The number of amides is 2. The normalized spacial score (nSPS) is 17.5. The Labute approximate surface area is 211 Å². The molecule has 2 aromatic carbocycles. The minimum absolute atomic E-state index is 0.195. The van der Waals surface area contributed by atoms with E-state index in [0.717, 1.165) is 9.80 Å². The van der Waals surface area contributed by atoms with Gasteiger partial charge >= 0.3 is 12.2 Å². The summed E-state index contributed by atoms with van der Waals surface area (Å²) >= 11 is 3.35. The number of para-hydroxylation sites is 1. The number of carbonyl (C=O) groups excluding carboxylic acids is 4. The zero-order valence-electron chi connectivity index (χ0n) is 20.3. The van der Waals surface area contributed by atoms with Crippen molar-refractivity contribution in [3.05, 3.63) is 69.5 Å². The second-order valence-corrected chi connectivity index (χ2v) is 11.1. The summed E-state index contributed by atoms with van der Waals surface area (Å²) in [6.07, 6.45) is -1.69. The lowest BCUT2D eigenvalue weighted by Gasteiger charge is -2.28. The lowest BCUT2D eigenvalue weighted by Crippen LogP contribution is -2.40. The van der Waals surface area contributed by atoms with Crippen molar-refractivity contribution >= 4 is 51.1 Å². The molecule has 2 aliphatic rings. The van der Waals surface area contributed by atoms with E-state index in [1.165, 1.54) is 0 Å². The van der Waals surface area contributed by atoms with E-state index in [4.69, 9.17) is 9.47 Å². The fourth-order valence-corrected chi connectivity index (χ4v) is 4.23. The first-order valence-electron chi connectivity index (χ1n) is 11.0. The fourth-order valence-electron chi connectivity index (χ4n) is 3.87. The van der Waals surface area contributed by atoms with Crippen molar-refractivity contribution in [3.63, 3.8) is 0 Å². The van der Waals surface area contributed by atoms with Crippen molar-refractivity contribution in [1.29, 1.82) is 0 Å². The maximum Gasteiger partial charge on any atom is 0.419 e. The van der Waals surface area contributed by atoms with Gasteiger partial charge in [-0.15, -0.1) is 0 Å². The molecule has 2 heterocycles. The quantitative estimate of drug-likeness (QED) is 0.367. The largest absolute Gasteiger partial charge is 0.443 e. The lowest BCUT2D eigenvalue weighted by molar-refractivity contribution is 0.0571. The van der Waals surface area contributed by atoms with Gasteiger partial charge < -0.3 is 9.47 Å². The van der Waals surface area contributed by atoms with Crippen LogP contribution < -0.4 is 9.80 Å². The molecule has 2 aromatic rings. The van der Waals surface area contributed by atoms with Gasteiger partial charge in [0.05, 0.1) is 11.4 Å². The van der Waals surface area contributed by atoms with Gasteiger partial charge in [0, 0.05) is 15.6 Å². The molecule has 0 bridgehead atoms. The lowest BCUT2D eigenvalue weighted by atomic mass is 10.1. The van der Waals surface area contributed by atoms with Crippen molar-refractivity contribution in [2.45, 2.75) is 52.7 Å². The number of ether oxygens (including phenoxy) is 2. The maximum atomic E-state index is 13.7. The number of nitrogens with zero attached hydrogens (tertiary/aromatic N) is 2. The Kier molecular flexibility index (Phi) is 5.87. The smallest absolute Gasteiger partial charge is 0.419 e. The van der Waals surface area contributed by atoms with Crippen LogP contribution in [0.4, 0.5) is 21.0 Å². The number of benzene rings is 2. The molecule has 8 nitrogen and oxygen atoms in total. The number of carbonyl (C=O) groups is 4. The summed E-state index contributed by atoms with van der Waals surface area (Å²) in [4.78, 5) is 56.2. The fraction of sp³-hybridized carbons (Fsp3) is 0.308. The Hall–Kier alpha value is -3.46. The Morgan fingerprint density at radius 2 is 1.17 bits per heavy atom. The van der Waals surface area contributed by atoms with Crippen molar-refractivity contribution in [2.75, 3.05) is 9.80 Å². The zero-order chi connectivity index (χ0) is 25.9. The molecular formula is C26H25BrN2O6. The van der Waals surface area contributed by atoms with Crippen LogP contribution in [-0.4, -0.2) is 35.0 Å². The van der Waals surface area contributed by atoms with Gasteiger partial charge in [-0.3, -0.25) is 9.59 Å². The van der Waals surface area contributed by atoms with Crippen LogP contribution in [0.3, 0.4) is 0 Å². The second-order valence-electron chi connectivity index (χ2n) is 10.2. The van der Waals surface area contributed by atoms with Gasteiger partial charge in [-0.1, -0.05) is 28.1 Å². The van der Waals surface area contributed by atoms with Crippen LogP contribution in [0, 0.1) is 0 Å². The van der Waals surface area contributed by atoms with Crippen molar-refractivity contribution < 1.29 is 28.7 Å². The van der Waals surface area contributed by atoms with E-state index < -0.39 is 35.0 Å². The Balaban J connectivity index is 1.99. The topological polar surface area (TPSA) is 93.2 Å². The van der Waals surface area contributed by atoms with E-state index in [-0.39, 0.29) is 33.9 Å². The van der Waals surface area contributed by atoms with Gasteiger partial charge in [0.2, 0.25) is 11.6 Å². The highest BCUT2D eigenvalue weighted by molar-refractivity contribution is 9.10. The van der Waals surface area contributed by atoms with E-state index in [1.807, 2.05) is 0 Å². The summed E-state index contributed by atoms with van der Waals surface area (Å²) in [6.45, 7) is 10.2. The summed E-state index contributed by atoms with van der Waals surface area (Å²) in [6, 6.07) is 11.3. The molecule has 0 radical (unpaired) electrons. The van der Waals surface area contributed by atoms with Crippen LogP contribution >= 0.6 is 15.9 Å². The highest BCUT2D eigenvalue weighted by Crippen LogP contribution is 2.44. The number of ketones is 2. The standard InChI is InChI=1S/C26H25BrN2O6/c1-25(2,3)34-23(32)28-17-10-8-7-9-15(17)21(30)19(28)20-22(31)16-13-14(27)11-12-18(16)29(20)24(33)35-26(4,5)6/h7-13H,1-6H3/b20-19+. The zero-order valence-corrected chi connectivity index (χ0v) is 21.8. The van der Waals surface area contributed by atoms with Gasteiger partial charge in [-0.25, -0.2) is 19.4 Å². The first-order chi connectivity index (χ1) is 16.2. The van der Waals surface area contributed by atoms with E-state index in [9.17, 15) is 19.2 Å². The highest BCUT2D eigenvalue weighted by atomic mass is 79.9. The molecule has 0 saturated heterocycles. The number of allylic oxidation sites excluding steroid dienone is 2. The number of fused-ring (bicyclic) bond motifs is 2. The van der Waals surface area contributed by atoms with Crippen LogP contribution in [0.15, 0.2) is 58.3 Å². The van der Waals surface area contributed by atoms with Crippen molar-refractivity contribution in [2.24, 2.45) is 0 Å². The third-order valence-corrected chi connectivity index (χ3v) is 5.58. The predicted octanol–water partition coefficient (Wildman–Crippen LogP) is 6.24. The van der Waals surface area contributed by atoms with Gasteiger partial charge in [-0.2, -0.15) is 0 Å². The van der Waals surface area contributed by atoms with E-state index in [2.05, 4.69) is 15.9 Å². The summed E-state index contributed by atoms with van der Waals surface area (Å²) in [5.74, 6) is -1.16. The molecule has 0 unspecified atom stereocenters. The average molecular weight is 541 g/mol. The van der Waals surface area contributed by atoms with Crippen LogP contribution in [0.5, 0.6) is 0 Å². The number of anilines is 2. The number of Topliss-reactive ketones (excluding diaryl/α,β-unsaturated/α-hetero) is 2. The Morgan fingerprint density at radius 1 is 0.714 bits per heavy atom. The molecule has 0 aromatic heterocycles. The molecule has 0 aliphatic carbocycles. The molecule has 35 heavy (non-hydrogen) atoms. The molecule has 0 saturated carbocycles. The molecule has 0 atom stereocenters. The molecule has 4 rings (SSSR count). The number of rotatable bonds is 0. The Morgan fingerprint density at radius 3 is 1.69 bits per heavy atom. The molecule has 0 spiro atoms. The number of hydrogen-bond donors (Lipinski definition) is 0. The predicted molar refractivity (Wildman–Crippen MR) is 134 cm³/mol. The van der Waals surface area contributed by atoms with Gasteiger partial charge in [0.25, 0.3) is 0 Å². The van der Waals surface area contributed by atoms with Gasteiger partial charge in [0.1, 0.15) is 22.6 Å².